The molecule has 0 saturated carbocycles. The van der Waals surface area contributed by atoms with Gasteiger partial charge in [-0.3, -0.25) is 4.79 Å². The summed E-state index contributed by atoms with van der Waals surface area (Å²) in [6.45, 7) is 0.377. The fourth-order valence-corrected chi connectivity index (χ4v) is 1.95. The summed E-state index contributed by atoms with van der Waals surface area (Å²) < 4.78 is 0. The minimum absolute atomic E-state index is 0.227. The van der Waals surface area contributed by atoms with Crippen LogP contribution in [-0.4, -0.2) is 33.3 Å². The van der Waals surface area contributed by atoms with Gasteiger partial charge in [-0.05, 0) is 17.7 Å². The smallest absolute Gasteiger partial charge is 0.276 e. The molecule has 1 amide bonds. The Hall–Kier alpha value is -1.59. The van der Waals surface area contributed by atoms with Crippen molar-refractivity contribution in [1.29, 1.82) is 0 Å². The van der Waals surface area contributed by atoms with Crippen LogP contribution >= 0.6 is 23.2 Å². The molecule has 1 heterocycles. The van der Waals surface area contributed by atoms with Crippen LogP contribution in [0.1, 0.15) is 16.1 Å². The van der Waals surface area contributed by atoms with Gasteiger partial charge in [0.05, 0.1) is 6.20 Å². The van der Waals surface area contributed by atoms with Crippen molar-refractivity contribution in [2.45, 2.75) is 6.54 Å². The molecule has 0 unspecified atom stereocenters. The van der Waals surface area contributed by atoms with Crippen molar-refractivity contribution in [2.24, 2.45) is 0 Å². The standard InChI is InChI=1S/C11H10Cl2N4O/c1-17(11(18)10-5-14-16-15-10)6-7-2-3-8(12)4-9(7)13/h2-5H,6H2,1H3,(H,14,15,16). The van der Waals surface area contributed by atoms with Crippen molar-refractivity contribution in [2.75, 3.05) is 7.05 Å². The summed E-state index contributed by atoms with van der Waals surface area (Å²) in [4.78, 5) is 13.4. The molecule has 18 heavy (non-hydrogen) atoms. The minimum atomic E-state index is -0.227. The van der Waals surface area contributed by atoms with Crippen LogP contribution in [0.25, 0.3) is 0 Å². The highest BCUT2D eigenvalue weighted by molar-refractivity contribution is 6.35. The van der Waals surface area contributed by atoms with Gasteiger partial charge in [0, 0.05) is 23.6 Å². The number of amides is 1. The van der Waals surface area contributed by atoms with Crippen LogP contribution < -0.4 is 0 Å². The topological polar surface area (TPSA) is 61.9 Å². The van der Waals surface area contributed by atoms with Crippen molar-refractivity contribution in [3.63, 3.8) is 0 Å². The van der Waals surface area contributed by atoms with E-state index < -0.39 is 0 Å². The first-order valence-electron chi connectivity index (χ1n) is 5.13. The zero-order valence-corrected chi connectivity index (χ0v) is 11.0. The fraction of sp³-hybridized carbons (Fsp3) is 0.182. The number of carbonyl (C=O) groups excluding carboxylic acids is 1. The number of aromatic amines is 1. The third-order valence-electron chi connectivity index (χ3n) is 2.40. The van der Waals surface area contributed by atoms with Crippen molar-refractivity contribution >= 4 is 29.1 Å². The molecule has 0 fully saturated rings. The van der Waals surface area contributed by atoms with E-state index in [0.29, 0.717) is 16.6 Å². The molecule has 0 aliphatic carbocycles. The van der Waals surface area contributed by atoms with Gasteiger partial charge in [-0.25, -0.2) is 0 Å². The number of benzene rings is 1. The zero-order chi connectivity index (χ0) is 13.1. The Morgan fingerprint density at radius 2 is 2.22 bits per heavy atom. The first kappa shape index (κ1) is 12.9. The van der Waals surface area contributed by atoms with E-state index in [1.54, 1.807) is 25.2 Å². The maximum Gasteiger partial charge on any atom is 0.276 e. The summed E-state index contributed by atoms with van der Waals surface area (Å²) in [7, 11) is 1.67. The molecule has 0 radical (unpaired) electrons. The second-order valence-corrected chi connectivity index (χ2v) is 4.60. The fourth-order valence-electron chi connectivity index (χ4n) is 1.48. The van der Waals surface area contributed by atoms with Crippen LogP contribution in [0.15, 0.2) is 24.4 Å². The van der Waals surface area contributed by atoms with E-state index >= 15 is 0 Å². The first-order chi connectivity index (χ1) is 8.58. The summed E-state index contributed by atoms with van der Waals surface area (Å²) in [6.07, 6.45) is 1.38. The van der Waals surface area contributed by atoms with E-state index in [1.807, 2.05) is 0 Å². The molecule has 7 heteroatoms. The average Bonchev–Trinajstić information content (AvgIpc) is 2.85. The maximum atomic E-state index is 11.9. The molecule has 0 atom stereocenters. The summed E-state index contributed by atoms with van der Waals surface area (Å²) in [5.74, 6) is -0.227. The molecular weight excluding hydrogens is 275 g/mol. The van der Waals surface area contributed by atoms with E-state index in [-0.39, 0.29) is 11.6 Å². The van der Waals surface area contributed by atoms with Crippen molar-refractivity contribution < 1.29 is 4.79 Å². The Balaban J connectivity index is 2.11. The Morgan fingerprint density at radius 3 is 2.83 bits per heavy atom. The van der Waals surface area contributed by atoms with Crippen LogP contribution in [0, 0.1) is 0 Å². The van der Waals surface area contributed by atoms with Gasteiger partial charge in [0.1, 0.15) is 0 Å². The van der Waals surface area contributed by atoms with Gasteiger partial charge >= 0.3 is 0 Å². The molecule has 94 valence electrons. The number of hydrogen-bond acceptors (Lipinski definition) is 3. The third kappa shape index (κ3) is 2.80. The van der Waals surface area contributed by atoms with Gasteiger partial charge in [0.2, 0.25) is 0 Å². The van der Waals surface area contributed by atoms with Crippen LogP contribution in [0.3, 0.4) is 0 Å². The largest absolute Gasteiger partial charge is 0.336 e. The van der Waals surface area contributed by atoms with Gasteiger partial charge in [0.25, 0.3) is 5.91 Å². The molecule has 0 aliphatic rings. The molecule has 0 spiro atoms. The highest BCUT2D eigenvalue weighted by atomic mass is 35.5. The summed E-state index contributed by atoms with van der Waals surface area (Å²) in [5, 5.41) is 10.8. The molecule has 0 saturated heterocycles. The van der Waals surface area contributed by atoms with E-state index in [4.69, 9.17) is 23.2 Å². The van der Waals surface area contributed by atoms with Crippen molar-refractivity contribution in [3.05, 3.63) is 45.7 Å². The number of nitrogens with one attached hydrogen (secondary N) is 1. The van der Waals surface area contributed by atoms with Crippen LogP contribution in [0.4, 0.5) is 0 Å². The summed E-state index contributed by atoms with van der Waals surface area (Å²) in [5.41, 5.74) is 1.09. The average molecular weight is 285 g/mol. The monoisotopic (exact) mass is 284 g/mol. The first-order valence-corrected chi connectivity index (χ1v) is 5.88. The number of aromatic nitrogens is 3. The molecule has 5 nitrogen and oxygen atoms in total. The summed E-state index contributed by atoms with van der Waals surface area (Å²) in [6, 6.07) is 5.17. The van der Waals surface area contributed by atoms with Gasteiger partial charge in [0.15, 0.2) is 5.69 Å². The van der Waals surface area contributed by atoms with Gasteiger partial charge < -0.3 is 4.90 Å². The zero-order valence-electron chi connectivity index (χ0n) is 9.52. The molecule has 1 N–H and O–H groups in total. The molecule has 0 aliphatic heterocycles. The number of nitrogens with zero attached hydrogens (tertiary/aromatic N) is 3. The summed E-state index contributed by atoms with van der Waals surface area (Å²) >= 11 is 11.9. The Labute approximate surface area is 114 Å². The van der Waals surface area contributed by atoms with Crippen molar-refractivity contribution in [3.8, 4) is 0 Å². The molecule has 0 bridgehead atoms. The second kappa shape index (κ2) is 5.37. The lowest BCUT2D eigenvalue weighted by Gasteiger charge is -2.16. The van der Waals surface area contributed by atoms with E-state index in [9.17, 15) is 4.79 Å². The highest BCUT2D eigenvalue weighted by Crippen LogP contribution is 2.22. The lowest BCUT2D eigenvalue weighted by Crippen LogP contribution is -2.26. The van der Waals surface area contributed by atoms with Gasteiger partial charge in [-0.1, -0.05) is 29.3 Å². The number of halogens is 2. The molecule has 1 aromatic carbocycles. The normalized spacial score (nSPS) is 10.4. The number of H-pyrrole nitrogens is 1. The lowest BCUT2D eigenvalue weighted by atomic mass is 10.2. The van der Waals surface area contributed by atoms with Crippen LogP contribution in [0.5, 0.6) is 0 Å². The lowest BCUT2D eigenvalue weighted by molar-refractivity contribution is 0.0779. The number of hydrogen-bond donors (Lipinski definition) is 1. The molecule has 1 aromatic heterocycles. The van der Waals surface area contributed by atoms with Crippen LogP contribution in [0.2, 0.25) is 10.0 Å². The molecule has 2 rings (SSSR count). The number of carbonyl (C=O) groups is 1. The minimum Gasteiger partial charge on any atom is -0.336 e. The van der Waals surface area contributed by atoms with Crippen molar-refractivity contribution in [1.82, 2.24) is 20.3 Å². The maximum absolute atomic E-state index is 11.9. The Morgan fingerprint density at radius 1 is 1.44 bits per heavy atom. The van der Waals surface area contributed by atoms with Crippen LogP contribution in [-0.2, 0) is 6.54 Å². The third-order valence-corrected chi connectivity index (χ3v) is 2.99. The van der Waals surface area contributed by atoms with Gasteiger partial charge in [-0.2, -0.15) is 15.4 Å². The second-order valence-electron chi connectivity index (χ2n) is 3.75. The van der Waals surface area contributed by atoms with E-state index in [2.05, 4.69) is 15.4 Å². The molecule has 2 aromatic rings. The SMILES string of the molecule is CN(Cc1ccc(Cl)cc1Cl)C(=O)c1cn[nH]n1. The quantitative estimate of drug-likeness (QED) is 0.941. The molecular formula is C11H10Cl2N4O. The Kier molecular flexibility index (Phi) is 3.84. The Bertz CT molecular complexity index is 556. The predicted octanol–water partition coefficient (Wildman–Crippen LogP) is 2.38. The predicted molar refractivity (Wildman–Crippen MR) is 68.6 cm³/mol. The highest BCUT2D eigenvalue weighted by Gasteiger charge is 2.15. The van der Waals surface area contributed by atoms with E-state index in [1.165, 1.54) is 11.1 Å². The van der Waals surface area contributed by atoms with E-state index in [0.717, 1.165) is 5.56 Å². The van der Waals surface area contributed by atoms with Gasteiger partial charge in [-0.15, -0.1) is 0 Å². The number of rotatable bonds is 3.